The van der Waals surface area contributed by atoms with E-state index >= 15 is 0 Å². The lowest BCUT2D eigenvalue weighted by atomic mass is 10.1. The van der Waals surface area contributed by atoms with Crippen LogP contribution in [0.1, 0.15) is 10.5 Å². The maximum Gasteiger partial charge on any atom is 0.272 e. The van der Waals surface area contributed by atoms with Gasteiger partial charge in [0, 0.05) is 43.4 Å². The van der Waals surface area contributed by atoms with Gasteiger partial charge in [-0.2, -0.15) is 5.10 Å². The molecule has 6 rings (SSSR count). The van der Waals surface area contributed by atoms with E-state index in [1.54, 1.807) is 22.7 Å². The molecular weight excluding hydrogens is 489 g/mol. The first-order chi connectivity index (χ1) is 18.1. The van der Waals surface area contributed by atoms with Crippen molar-refractivity contribution in [1.29, 1.82) is 0 Å². The summed E-state index contributed by atoms with van der Waals surface area (Å²) >= 11 is 6.39. The number of para-hydroxylation sites is 1. The number of nitrogens with zero attached hydrogens (tertiary/aromatic N) is 5. The molecule has 0 saturated carbocycles. The number of amides is 1. The molecule has 1 fully saturated rings. The molecule has 184 valence electrons. The van der Waals surface area contributed by atoms with Crippen molar-refractivity contribution < 1.29 is 9.18 Å². The van der Waals surface area contributed by atoms with E-state index in [-0.39, 0.29) is 11.7 Å². The Balaban J connectivity index is 1.36. The molecule has 0 unspecified atom stereocenters. The van der Waals surface area contributed by atoms with Crippen LogP contribution in [0.15, 0.2) is 91.0 Å². The van der Waals surface area contributed by atoms with Gasteiger partial charge in [-0.1, -0.05) is 54.1 Å². The minimum Gasteiger partial charge on any atom is -0.367 e. The predicted octanol–water partition coefficient (Wildman–Crippen LogP) is 5.82. The molecule has 0 aliphatic carbocycles. The van der Waals surface area contributed by atoms with Gasteiger partial charge in [-0.15, -0.1) is 0 Å². The number of hydrogen-bond donors (Lipinski definition) is 0. The first-order valence-electron chi connectivity index (χ1n) is 12.1. The molecule has 0 radical (unpaired) electrons. The van der Waals surface area contributed by atoms with Crippen LogP contribution in [0.2, 0.25) is 5.02 Å². The number of carbonyl (C=O) groups excluding carboxylic acids is 1. The zero-order chi connectivity index (χ0) is 25.4. The molecule has 3 heterocycles. The van der Waals surface area contributed by atoms with E-state index in [1.165, 1.54) is 12.1 Å². The first-order valence-corrected chi connectivity index (χ1v) is 12.5. The Morgan fingerprint density at radius 3 is 2.19 bits per heavy atom. The van der Waals surface area contributed by atoms with Crippen molar-refractivity contribution in [3.63, 3.8) is 0 Å². The van der Waals surface area contributed by atoms with Gasteiger partial charge in [-0.3, -0.25) is 4.79 Å². The first kappa shape index (κ1) is 23.2. The maximum absolute atomic E-state index is 13.8. The van der Waals surface area contributed by atoms with Gasteiger partial charge < -0.3 is 9.80 Å². The van der Waals surface area contributed by atoms with Crippen molar-refractivity contribution in [1.82, 2.24) is 19.5 Å². The Bertz CT molecular complexity index is 1580. The number of fused-ring (bicyclic) bond motifs is 1. The van der Waals surface area contributed by atoms with Gasteiger partial charge in [0.1, 0.15) is 11.5 Å². The number of anilines is 1. The van der Waals surface area contributed by atoms with Crippen LogP contribution in [-0.4, -0.2) is 51.6 Å². The molecule has 1 saturated heterocycles. The number of aromatic nitrogens is 3. The number of benzene rings is 3. The molecule has 0 bridgehead atoms. The molecular formula is C29H23ClFN5O. The number of rotatable bonds is 4. The highest BCUT2D eigenvalue weighted by molar-refractivity contribution is 6.33. The van der Waals surface area contributed by atoms with Crippen molar-refractivity contribution in [2.75, 3.05) is 31.1 Å². The van der Waals surface area contributed by atoms with E-state index in [1.807, 2.05) is 65.6 Å². The molecule has 8 heteroatoms. The highest BCUT2D eigenvalue weighted by Gasteiger charge is 2.26. The van der Waals surface area contributed by atoms with Gasteiger partial charge in [0.05, 0.1) is 22.1 Å². The highest BCUT2D eigenvalue weighted by atomic mass is 35.5. The fourth-order valence-electron chi connectivity index (χ4n) is 4.67. The Hall–Kier alpha value is -4.23. The monoisotopic (exact) mass is 511 g/mol. The Morgan fingerprint density at radius 1 is 0.784 bits per heavy atom. The van der Waals surface area contributed by atoms with Crippen molar-refractivity contribution in [2.24, 2.45) is 0 Å². The number of piperazine rings is 1. The number of halogens is 2. The largest absolute Gasteiger partial charge is 0.367 e. The summed E-state index contributed by atoms with van der Waals surface area (Å²) in [7, 11) is 0. The van der Waals surface area contributed by atoms with Crippen LogP contribution in [0.4, 0.5) is 10.1 Å². The molecule has 0 spiro atoms. The summed E-state index contributed by atoms with van der Waals surface area (Å²) < 4.78 is 15.2. The van der Waals surface area contributed by atoms with Crippen molar-refractivity contribution in [3.05, 3.63) is 108 Å². The second kappa shape index (κ2) is 9.67. The lowest BCUT2D eigenvalue weighted by molar-refractivity contribution is 0.0738. The van der Waals surface area contributed by atoms with Gasteiger partial charge in [0.2, 0.25) is 0 Å². The summed E-state index contributed by atoms with van der Waals surface area (Å²) in [5, 5.41) is 5.44. The minimum absolute atomic E-state index is 0.128. The van der Waals surface area contributed by atoms with Crippen molar-refractivity contribution in [2.45, 2.75) is 0 Å². The SMILES string of the molecule is O=C(c1cc(-c2ccc(F)cc2)nc2cc(-c3ccccc3)nn12)N1CCN(c2ccccc2Cl)CC1. The summed E-state index contributed by atoms with van der Waals surface area (Å²) in [4.78, 5) is 22.6. The third-order valence-corrected chi connectivity index (χ3v) is 6.94. The van der Waals surface area contributed by atoms with Crippen molar-refractivity contribution >= 4 is 28.8 Å². The quantitative estimate of drug-likeness (QED) is 0.305. The predicted molar refractivity (Wildman–Crippen MR) is 143 cm³/mol. The molecule has 1 aliphatic heterocycles. The lowest BCUT2D eigenvalue weighted by Crippen LogP contribution is -2.49. The molecule has 6 nitrogen and oxygen atoms in total. The van der Waals surface area contributed by atoms with Crippen LogP contribution in [0.5, 0.6) is 0 Å². The van der Waals surface area contributed by atoms with Gasteiger partial charge in [-0.05, 0) is 42.5 Å². The van der Waals surface area contributed by atoms with E-state index in [2.05, 4.69) is 4.90 Å². The molecule has 0 atom stereocenters. The average Bonchev–Trinajstić information content (AvgIpc) is 3.38. The lowest BCUT2D eigenvalue weighted by Gasteiger charge is -2.36. The van der Waals surface area contributed by atoms with Crippen LogP contribution in [0.25, 0.3) is 28.2 Å². The third-order valence-electron chi connectivity index (χ3n) is 6.62. The van der Waals surface area contributed by atoms with E-state index in [0.717, 1.165) is 22.5 Å². The van der Waals surface area contributed by atoms with E-state index < -0.39 is 0 Å². The molecule has 0 N–H and O–H groups in total. The van der Waals surface area contributed by atoms with Crippen LogP contribution < -0.4 is 4.90 Å². The standard InChI is InChI=1S/C29H23ClFN5O/c30-23-8-4-5-9-26(23)34-14-16-35(17-15-34)29(37)27-18-24(21-10-12-22(31)13-11-21)32-28-19-25(33-36(27)28)20-6-2-1-3-7-20/h1-13,18-19H,14-17H2. The molecule has 37 heavy (non-hydrogen) atoms. The molecule has 3 aromatic carbocycles. The highest BCUT2D eigenvalue weighted by Crippen LogP contribution is 2.28. The summed E-state index contributed by atoms with van der Waals surface area (Å²) in [6, 6.07) is 27.2. The second-order valence-corrected chi connectivity index (χ2v) is 9.34. The Kier molecular flexibility index (Phi) is 6.06. The van der Waals surface area contributed by atoms with Crippen LogP contribution in [-0.2, 0) is 0 Å². The topological polar surface area (TPSA) is 53.7 Å². The average molecular weight is 512 g/mol. The normalized spacial score (nSPS) is 13.8. The maximum atomic E-state index is 13.8. The van der Waals surface area contributed by atoms with Gasteiger partial charge in [-0.25, -0.2) is 13.9 Å². The fourth-order valence-corrected chi connectivity index (χ4v) is 4.92. The smallest absolute Gasteiger partial charge is 0.272 e. The van der Waals surface area contributed by atoms with Crippen LogP contribution >= 0.6 is 11.6 Å². The minimum atomic E-state index is -0.326. The van der Waals surface area contributed by atoms with E-state index in [9.17, 15) is 9.18 Å². The van der Waals surface area contributed by atoms with E-state index in [0.29, 0.717) is 48.2 Å². The second-order valence-electron chi connectivity index (χ2n) is 8.93. The van der Waals surface area contributed by atoms with Crippen molar-refractivity contribution in [3.8, 4) is 22.5 Å². The molecule has 5 aromatic rings. The van der Waals surface area contributed by atoms with Crippen LogP contribution in [0.3, 0.4) is 0 Å². The fraction of sp³-hybridized carbons (Fsp3) is 0.138. The Labute approximate surface area is 218 Å². The summed E-state index contributed by atoms with van der Waals surface area (Å²) in [5.41, 5.74) is 4.91. The summed E-state index contributed by atoms with van der Waals surface area (Å²) in [6.45, 7) is 2.44. The van der Waals surface area contributed by atoms with Gasteiger partial charge in [0.15, 0.2) is 5.65 Å². The molecule has 2 aromatic heterocycles. The zero-order valence-electron chi connectivity index (χ0n) is 19.9. The number of carbonyl (C=O) groups is 1. The Morgan fingerprint density at radius 2 is 1.46 bits per heavy atom. The number of hydrogen-bond acceptors (Lipinski definition) is 4. The van der Waals surface area contributed by atoms with Crippen LogP contribution in [0, 0.1) is 5.82 Å². The summed E-state index contributed by atoms with van der Waals surface area (Å²) in [5.74, 6) is -0.453. The third kappa shape index (κ3) is 4.54. The molecule has 1 amide bonds. The van der Waals surface area contributed by atoms with Gasteiger partial charge >= 0.3 is 0 Å². The van der Waals surface area contributed by atoms with E-state index in [4.69, 9.17) is 21.7 Å². The summed E-state index contributed by atoms with van der Waals surface area (Å²) in [6.07, 6.45) is 0. The molecule has 1 aliphatic rings. The zero-order valence-corrected chi connectivity index (χ0v) is 20.6. The van der Waals surface area contributed by atoms with Gasteiger partial charge in [0.25, 0.3) is 5.91 Å².